The second kappa shape index (κ2) is 3.94. The molecular weight excluding hydrogens is 188 g/mol. The van der Waals surface area contributed by atoms with Crippen LogP contribution < -0.4 is 5.73 Å². The minimum atomic E-state index is 0.536. The van der Waals surface area contributed by atoms with Gasteiger partial charge in [0.25, 0.3) is 0 Å². The van der Waals surface area contributed by atoms with Crippen LogP contribution in [0.25, 0.3) is 0 Å². The predicted molar refractivity (Wildman–Crippen MR) is 60.7 cm³/mol. The van der Waals surface area contributed by atoms with Crippen LogP contribution in [0.1, 0.15) is 29.4 Å². The molecule has 0 amide bonds. The number of aryl methyl sites for hydroxylation is 1. The van der Waals surface area contributed by atoms with Crippen molar-refractivity contribution < 1.29 is 0 Å². The van der Waals surface area contributed by atoms with Crippen molar-refractivity contribution >= 4 is 0 Å². The Hall–Kier alpha value is -0.870. The highest BCUT2D eigenvalue weighted by Gasteiger charge is 2.24. The lowest BCUT2D eigenvalue weighted by Crippen LogP contribution is -2.18. The first-order chi connectivity index (χ1) is 7.13. The third-order valence-electron chi connectivity index (χ3n) is 3.39. The Kier molecular flexibility index (Phi) is 2.80. The first-order valence-electron chi connectivity index (χ1n) is 5.56. The number of likely N-dealkylation sites (tertiary alicyclic amines) is 1. The number of aromatic nitrogens is 2. The van der Waals surface area contributed by atoms with Crippen LogP contribution in [0.2, 0.25) is 0 Å². The van der Waals surface area contributed by atoms with Gasteiger partial charge in [0.2, 0.25) is 0 Å². The van der Waals surface area contributed by atoms with Gasteiger partial charge in [-0.2, -0.15) is 5.10 Å². The van der Waals surface area contributed by atoms with Gasteiger partial charge in [-0.05, 0) is 33.9 Å². The molecule has 2 heterocycles. The van der Waals surface area contributed by atoms with Gasteiger partial charge in [-0.1, -0.05) is 0 Å². The van der Waals surface area contributed by atoms with E-state index in [4.69, 9.17) is 5.73 Å². The quantitative estimate of drug-likeness (QED) is 0.783. The summed E-state index contributed by atoms with van der Waals surface area (Å²) in [5.74, 6) is 0. The minimum absolute atomic E-state index is 0.536. The lowest BCUT2D eigenvalue weighted by atomic mass is 10.2. The van der Waals surface area contributed by atoms with E-state index in [0.717, 1.165) is 12.2 Å². The van der Waals surface area contributed by atoms with E-state index in [0.29, 0.717) is 12.6 Å². The number of hydrogen-bond donors (Lipinski definition) is 1. The topological polar surface area (TPSA) is 47.1 Å². The molecule has 1 unspecified atom stereocenters. The zero-order valence-corrected chi connectivity index (χ0v) is 9.82. The highest BCUT2D eigenvalue weighted by Crippen LogP contribution is 2.23. The Morgan fingerprint density at radius 2 is 2.20 bits per heavy atom. The molecule has 0 aromatic carbocycles. The van der Waals surface area contributed by atoms with Gasteiger partial charge >= 0.3 is 0 Å². The molecule has 2 N–H and O–H groups in total. The van der Waals surface area contributed by atoms with Gasteiger partial charge in [-0.25, -0.2) is 0 Å². The molecule has 0 radical (unpaired) electrons. The molecule has 15 heavy (non-hydrogen) atoms. The summed E-state index contributed by atoms with van der Waals surface area (Å²) in [6.07, 6.45) is 1.20. The van der Waals surface area contributed by atoms with Gasteiger partial charge in [0.05, 0.1) is 11.7 Å². The summed E-state index contributed by atoms with van der Waals surface area (Å²) in [7, 11) is 2.16. The Morgan fingerprint density at radius 3 is 2.67 bits per heavy atom. The zero-order chi connectivity index (χ0) is 11.0. The van der Waals surface area contributed by atoms with Crippen molar-refractivity contribution in [3.8, 4) is 0 Å². The van der Waals surface area contributed by atoms with E-state index in [1.54, 1.807) is 0 Å². The molecule has 84 valence electrons. The van der Waals surface area contributed by atoms with Crippen LogP contribution in [0.3, 0.4) is 0 Å². The molecule has 4 heteroatoms. The summed E-state index contributed by atoms with van der Waals surface area (Å²) in [6, 6.07) is 0.536. The summed E-state index contributed by atoms with van der Waals surface area (Å²) in [4.78, 5) is 2.35. The Labute approximate surface area is 91.1 Å². The number of hydrogen-bond acceptors (Lipinski definition) is 3. The molecule has 2 rings (SSSR count). The molecule has 1 aliphatic heterocycles. The van der Waals surface area contributed by atoms with Gasteiger partial charge < -0.3 is 10.6 Å². The number of nitrogens with two attached hydrogens (primary N) is 1. The first-order valence-corrected chi connectivity index (χ1v) is 5.56. The lowest BCUT2D eigenvalue weighted by molar-refractivity contribution is 0.379. The molecule has 1 fully saturated rings. The second-order valence-electron chi connectivity index (χ2n) is 4.50. The predicted octanol–water partition coefficient (Wildman–Crippen LogP) is 0.835. The average molecular weight is 208 g/mol. The Morgan fingerprint density at radius 1 is 1.47 bits per heavy atom. The molecule has 0 aliphatic carbocycles. The van der Waals surface area contributed by atoms with Crippen LogP contribution in [0.4, 0.5) is 0 Å². The molecule has 1 aromatic heterocycles. The SMILES string of the molecule is Cc1nn(C2CCN(C)C2)c(C)c1CN. The number of nitrogens with zero attached hydrogens (tertiary/aromatic N) is 3. The van der Waals surface area contributed by atoms with E-state index < -0.39 is 0 Å². The van der Waals surface area contributed by atoms with Crippen molar-refractivity contribution in [1.82, 2.24) is 14.7 Å². The third kappa shape index (κ3) is 1.79. The maximum atomic E-state index is 5.73. The minimum Gasteiger partial charge on any atom is -0.326 e. The fourth-order valence-electron chi connectivity index (χ4n) is 2.46. The van der Waals surface area contributed by atoms with Gasteiger partial charge in [-0.15, -0.1) is 0 Å². The van der Waals surface area contributed by atoms with E-state index in [2.05, 4.69) is 28.7 Å². The van der Waals surface area contributed by atoms with E-state index in [1.165, 1.54) is 24.2 Å². The van der Waals surface area contributed by atoms with E-state index >= 15 is 0 Å². The van der Waals surface area contributed by atoms with Crippen molar-refractivity contribution in [2.75, 3.05) is 20.1 Å². The summed E-state index contributed by atoms with van der Waals surface area (Å²) in [5.41, 5.74) is 9.27. The van der Waals surface area contributed by atoms with Crippen molar-refractivity contribution in [3.05, 3.63) is 17.0 Å². The zero-order valence-electron chi connectivity index (χ0n) is 9.82. The molecule has 0 spiro atoms. The van der Waals surface area contributed by atoms with Crippen LogP contribution in [-0.4, -0.2) is 34.8 Å². The molecule has 1 saturated heterocycles. The summed E-state index contributed by atoms with van der Waals surface area (Å²) in [6.45, 7) is 7.04. The second-order valence-corrected chi connectivity index (χ2v) is 4.50. The van der Waals surface area contributed by atoms with E-state index in [9.17, 15) is 0 Å². The maximum Gasteiger partial charge on any atom is 0.0661 e. The summed E-state index contributed by atoms with van der Waals surface area (Å²) < 4.78 is 2.17. The fraction of sp³-hybridized carbons (Fsp3) is 0.727. The fourth-order valence-corrected chi connectivity index (χ4v) is 2.46. The van der Waals surface area contributed by atoms with Crippen LogP contribution in [0.5, 0.6) is 0 Å². The largest absolute Gasteiger partial charge is 0.326 e. The molecule has 1 aliphatic rings. The van der Waals surface area contributed by atoms with Gasteiger partial charge in [0.1, 0.15) is 0 Å². The molecule has 1 atom stereocenters. The van der Waals surface area contributed by atoms with Gasteiger partial charge in [-0.3, -0.25) is 4.68 Å². The van der Waals surface area contributed by atoms with E-state index in [1.807, 2.05) is 6.92 Å². The third-order valence-corrected chi connectivity index (χ3v) is 3.39. The van der Waals surface area contributed by atoms with Crippen LogP contribution >= 0.6 is 0 Å². The normalized spacial score (nSPS) is 22.5. The summed E-state index contributed by atoms with van der Waals surface area (Å²) >= 11 is 0. The van der Waals surface area contributed by atoms with Crippen molar-refractivity contribution in [1.29, 1.82) is 0 Å². The molecule has 0 bridgehead atoms. The lowest BCUT2D eigenvalue weighted by Gasteiger charge is -2.13. The molecule has 4 nitrogen and oxygen atoms in total. The monoisotopic (exact) mass is 208 g/mol. The standard InChI is InChI=1S/C11H20N4/c1-8-11(6-12)9(2)15(13-8)10-4-5-14(3)7-10/h10H,4-7,12H2,1-3H3. The van der Waals surface area contributed by atoms with Crippen LogP contribution in [-0.2, 0) is 6.54 Å². The average Bonchev–Trinajstić information content (AvgIpc) is 2.71. The number of likely N-dealkylation sites (N-methyl/N-ethyl adjacent to an activating group) is 1. The Bertz CT molecular complexity index is 356. The highest BCUT2D eigenvalue weighted by atomic mass is 15.3. The number of rotatable bonds is 2. The van der Waals surface area contributed by atoms with E-state index in [-0.39, 0.29) is 0 Å². The van der Waals surface area contributed by atoms with Crippen LogP contribution in [0, 0.1) is 13.8 Å². The van der Waals surface area contributed by atoms with Crippen molar-refractivity contribution in [3.63, 3.8) is 0 Å². The molecule has 1 aromatic rings. The summed E-state index contributed by atoms with van der Waals surface area (Å²) in [5, 5.41) is 4.61. The maximum absolute atomic E-state index is 5.73. The van der Waals surface area contributed by atoms with Gasteiger partial charge in [0.15, 0.2) is 0 Å². The molecule has 0 saturated carbocycles. The van der Waals surface area contributed by atoms with Gasteiger partial charge in [0, 0.05) is 24.3 Å². The Balaban J connectivity index is 2.29. The smallest absolute Gasteiger partial charge is 0.0661 e. The van der Waals surface area contributed by atoms with Crippen LogP contribution in [0.15, 0.2) is 0 Å². The highest BCUT2D eigenvalue weighted by molar-refractivity contribution is 5.24. The molecular formula is C11H20N4. The van der Waals surface area contributed by atoms with Crippen molar-refractivity contribution in [2.45, 2.75) is 32.9 Å². The van der Waals surface area contributed by atoms with Crippen molar-refractivity contribution in [2.24, 2.45) is 5.73 Å². The first kappa shape index (κ1) is 10.6.